The molecule has 6 heterocycles. The lowest BCUT2D eigenvalue weighted by molar-refractivity contribution is -0.138. The first-order chi connectivity index (χ1) is 41.8. The first-order valence-electron chi connectivity index (χ1n) is 29.3. The van der Waals surface area contributed by atoms with Gasteiger partial charge < -0.3 is 49.6 Å². The maximum absolute atomic E-state index is 14.3. The number of hydrogen-bond donors (Lipinski definition) is 5. The van der Waals surface area contributed by atoms with Crippen LogP contribution in [-0.4, -0.2) is 114 Å². The Morgan fingerprint density at radius 3 is 1.63 bits per heavy atom. The third-order valence-electron chi connectivity index (χ3n) is 16.9. The number of carbonyl (C=O) groups is 5. The number of nitrogens with zero attached hydrogens (tertiary/aromatic N) is 6. The maximum atomic E-state index is 14.3. The molecule has 0 spiro atoms. The van der Waals surface area contributed by atoms with Gasteiger partial charge in [0, 0.05) is 23.6 Å². The Morgan fingerprint density at radius 1 is 0.581 bits per heavy atom. The second-order valence-corrected chi connectivity index (χ2v) is 23.5. The van der Waals surface area contributed by atoms with Gasteiger partial charge in [-0.2, -0.15) is 0 Å². The van der Waals surface area contributed by atoms with Crippen molar-refractivity contribution < 1.29 is 38.2 Å². The topological polar surface area (TPSA) is 233 Å². The van der Waals surface area contributed by atoms with Crippen LogP contribution in [0.1, 0.15) is 112 Å². The number of imidazole rings is 3. The number of aromatic nitrogens is 6. The molecule has 86 heavy (non-hydrogen) atoms. The van der Waals surface area contributed by atoms with Crippen molar-refractivity contribution >= 4 is 46.0 Å². The van der Waals surface area contributed by atoms with Crippen molar-refractivity contribution in [3.63, 3.8) is 0 Å². The molecular formula is C66H70BrN11O8. The van der Waals surface area contributed by atoms with Gasteiger partial charge in [0.15, 0.2) is 0 Å². The van der Waals surface area contributed by atoms with Crippen LogP contribution >= 0.6 is 15.9 Å². The molecule has 5 N–H and O–H groups in total. The fourth-order valence-corrected chi connectivity index (χ4v) is 12.7. The van der Waals surface area contributed by atoms with E-state index < -0.39 is 24.3 Å². The van der Waals surface area contributed by atoms with Gasteiger partial charge in [-0.05, 0) is 108 Å². The van der Waals surface area contributed by atoms with Crippen molar-refractivity contribution in [2.45, 2.75) is 102 Å². The summed E-state index contributed by atoms with van der Waals surface area (Å²) in [7, 11) is 2.58. The second-order valence-electron chi connectivity index (χ2n) is 22.5. The molecule has 1 saturated carbocycles. The number of aromatic amines is 3. The molecule has 5 amide bonds. The summed E-state index contributed by atoms with van der Waals surface area (Å²) in [6, 6.07) is 41.6. The van der Waals surface area contributed by atoms with Crippen LogP contribution in [0.4, 0.5) is 14.4 Å². The van der Waals surface area contributed by atoms with E-state index in [1.165, 1.54) is 14.2 Å². The molecule has 3 aliphatic heterocycles. The van der Waals surface area contributed by atoms with Crippen LogP contribution in [0.2, 0.25) is 0 Å². The van der Waals surface area contributed by atoms with Crippen molar-refractivity contribution in [1.82, 2.24) is 55.2 Å². The maximum Gasteiger partial charge on any atom is 0.410 e. The summed E-state index contributed by atoms with van der Waals surface area (Å²) in [6.07, 6.45) is 10.2. The van der Waals surface area contributed by atoms with E-state index in [2.05, 4.69) is 100 Å². The van der Waals surface area contributed by atoms with Crippen LogP contribution in [0, 0.1) is 11.8 Å². The van der Waals surface area contributed by atoms with E-state index in [1.807, 2.05) is 121 Å². The first-order valence-corrected chi connectivity index (χ1v) is 30.1. The first kappa shape index (κ1) is 58.7. The highest BCUT2D eigenvalue weighted by molar-refractivity contribution is 9.10. The van der Waals surface area contributed by atoms with Gasteiger partial charge in [-0.15, -0.1) is 0 Å². The van der Waals surface area contributed by atoms with Crippen LogP contribution in [0.3, 0.4) is 0 Å². The molecule has 3 aromatic heterocycles. The zero-order valence-corrected chi connectivity index (χ0v) is 50.0. The predicted octanol–water partition coefficient (Wildman–Crippen LogP) is 12.6. The van der Waals surface area contributed by atoms with E-state index in [-0.39, 0.29) is 60.5 Å². The number of halogens is 1. The second kappa shape index (κ2) is 26.5. The monoisotopic (exact) mass is 1220 g/mol. The fourth-order valence-electron chi connectivity index (χ4n) is 12.4. The Labute approximate surface area is 507 Å². The van der Waals surface area contributed by atoms with Gasteiger partial charge in [0.1, 0.15) is 36.2 Å². The van der Waals surface area contributed by atoms with Gasteiger partial charge in [0.2, 0.25) is 5.91 Å². The van der Waals surface area contributed by atoms with E-state index in [0.717, 1.165) is 117 Å². The molecule has 3 saturated heterocycles. The Hall–Kier alpha value is -9.04. The van der Waals surface area contributed by atoms with Crippen LogP contribution < -0.4 is 10.6 Å². The van der Waals surface area contributed by atoms with Crippen molar-refractivity contribution in [1.29, 1.82) is 0 Å². The molecule has 7 atom stereocenters. The largest absolute Gasteiger partial charge is 0.453 e. The molecule has 19 nitrogen and oxygen atoms in total. The minimum absolute atomic E-state index is 0.0718. The van der Waals surface area contributed by atoms with Gasteiger partial charge in [-0.3, -0.25) is 14.5 Å². The summed E-state index contributed by atoms with van der Waals surface area (Å²) >= 11 is 3.45. The third-order valence-corrected chi connectivity index (χ3v) is 17.4. The Bertz CT molecular complexity index is 3630. The molecular weight excluding hydrogens is 1150 g/mol. The standard InChI is InChI=1S/C45H50N8O6.C21H20BrN3O2/c1-26(2)37(50-44(56)58-3)42(54)52-22-8-11-36(52)40-46-24-34(48-40)29-16-12-27(13-17-29)28-14-18-30(19-15-28)35-25-47-41(49-35)39-32-20-21-33(23-32)53(39)43(55)38(51-45(57)59-4)31-9-6-5-7-10-31;22-17-10-8-16(9-11-17)18-13-23-20(24-18)19-7-4-12-25(19)21(26)27-14-15-5-2-1-3-6-15/h5-7,9-10,12-19,24-26,32-33,36-39H,8,11,20-23H2,1-4H3,(H,46,48)(H,47,49)(H,50,56)(H,51,57);1-3,5-6,8-11,13,19H,4,7,12,14H2,(H,23,24)/t32-,33+,36-,37-,38+,39-;19-/m00/s1. The minimum atomic E-state index is -0.875. The number of benzene rings is 5. The molecule has 0 radical (unpaired) electrons. The van der Waals surface area contributed by atoms with Crippen molar-refractivity contribution in [3.8, 4) is 44.9 Å². The number of nitrogens with one attached hydrogen (secondary N) is 5. The highest BCUT2D eigenvalue weighted by Gasteiger charge is 2.51. The van der Waals surface area contributed by atoms with Gasteiger partial charge in [0.25, 0.3) is 5.91 Å². The van der Waals surface area contributed by atoms with Crippen LogP contribution in [0.15, 0.2) is 157 Å². The molecule has 2 bridgehead atoms. The molecule has 8 aromatic rings. The van der Waals surface area contributed by atoms with Gasteiger partial charge in [-0.25, -0.2) is 29.3 Å². The number of likely N-dealkylation sites (tertiary alicyclic amines) is 3. The zero-order chi connectivity index (χ0) is 59.8. The summed E-state index contributed by atoms with van der Waals surface area (Å²) in [5.74, 6) is 2.13. The molecule has 4 fully saturated rings. The van der Waals surface area contributed by atoms with Crippen molar-refractivity contribution in [2.24, 2.45) is 11.8 Å². The molecule has 0 unspecified atom stereocenters. The molecule has 4 aliphatic rings. The summed E-state index contributed by atoms with van der Waals surface area (Å²) in [4.78, 5) is 94.6. The van der Waals surface area contributed by atoms with Crippen molar-refractivity contribution in [3.05, 3.63) is 185 Å². The Balaban J connectivity index is 0.000000236. The molecule has 5 aromatic carbocycles. The van der Waals surface area contributed by atoms with E-state index in [0.29, 0.717) is 18.7 Å². The highest BCUT2D eigenvalue weighted by Crippen LogP contribution is 2.51. The summed E-state index contributed by atoms with van der Waals surface area (Å²) < 4.78 is 16.2. The fraction of sp³-hybridized carbons (Fsp3) is 0.333. The number of methoxy groups -OCH3 is 2. The highest BCUT2D eigenvalue weighted by atomic mass is 79.9. The summed E-state index contributed by atoms with van der Waals surface area (Å²) in [6.45, 7) is 5.36. The van der Waals surface area contributed by atoms with Gasteiger partial charge in [0.05, 0.1) is 68.0 Å². The Morgan fingerprint density at radius 2 is 1.07 bits per heavy atom. The molecule has 20 heteroatoms. The van der Waals surface area contributed by atoms with E-state index in [4.69, 9.17) is 19.2 Å². The normalized spacial score (nSPS) is 19.4. The average Bonchev–Trinajstić information content (AvgIpc) is 2.29. The minimum Gasteiger partial charge on any atom is -0.453 e. The third kappa shape index (κ3) is 12.9. The predicted molar refractivity (Wildman–Crippen MR) is 327 cm³/mol. The quantitative estimate of drug-likeness (QED) is 0.0606. The summed E-state index contributed by atoms with van der Waals surface area (Å²) in [5.41, 5.74) is 9.47. The smallest absolute Gasteiger partial charge is 0.410 e. The Kier molecular flexibility index (Phi) is 18.1. The zero-order valence-electron chi connectivity index (χ0n) is 48.5. The summed E-state index contributed by atoms with van der Waals surface area (Å²) in [5, 5.41) is 5.47. The lowest BCUT2D eigenvalue weighted by atomic mass is 9.96. The number of H-pyrrole nitrogens is 3. The van der Waals surface area contributed by atoms with E-state index >= 15 is 0 Å². The van der Waals surface area contributed by atoms with Gasteiger partial charge >= 0.3 is 18.3 Å². The lowest BCUT2D eigenvalue weighted by Gasteiger charge is -2.36. The molecule has 12 rings (SSSR count). The number of piperidine rings is 1. The van der Waals surface area contributed by atoms with Crippen LogP contribution in [0.25, 0.3) is 44.9 Å². The van der Waals surface area contributed by atoms with E-state index in [9.17, 15) is 24.0 Å². The van der Waals surface area contributed by atoms with Gasteiger partial charge in [-0.1, -0.05) is 151 Å². The molecule has 444 valence electrons. The lowest BCUT2D eigenvalue weighted by Crippen LogP contribution is -2.51. The van der Waals surface area contributed by atoms with E-state index in [1.54, 1.807) is 11.1 Å². The SMILES string of the molecule is COC(=O)N[C@H](C(=O)N1CCC[C@H]1c1ncc(-c2ccc(-c3ccc(-c4cnc([C@@H]5[C@H]6CC[C@H](C6)N5C(=O)[C@H](NC(=O)OC)c5ccccc5)[nH]4)cc3)cc2)[nH]1)C(C)C.O=C(OCc1ccccc1)N1CCC[C@H]1c1ncc(-c2ccc(Br)cc2)[nH]1. The van der Waals surface area contributed by atoms with Crippen molar-refractivity contribution in [2.75, 3.05) is 27.3 Å². The number of fused-ring (bicyclic) bond motifs is 2. The van der Waals surface area contributed by atoms with Crippen LogP contribution in [-0.2, 0) is 30.4 Å². The number of rotatable bonds is 15. The number of amides is 5. The number of ether oxygens (including phenoxy) is 3. The van der Waals surface area contributed by atoms with Crippen LogP contribution in [0.5, 0.6) is 0 Å². The number of carbonyl (C=O) groups excluding carboxylic acids is 5. The average molecular weight is 1230 g/mol. The molecule has 1 aliphatic carbocycles. The number of hydrogen-bond acceptors (Lipinski definition) is 11. The number of alkyl carbamates (subject to hydrolysis) is 2.